The summed E-state index contributed by atoms with van der Waals surface area (Å²) in [5, 5.41) is 17.1. The van der Waals surface area contributed by atoms with Crippen molar-refractivity contribution in [2.75, 3.05) is 5.73 Å². The van der Waals surface area contributed by atoms with Gasteiger partial charge in [-0.1, -0.05) is 12.1 Å². The van der Waals surface area contributed by atoms with E-state index in [9.17, 15) is 0 Å². The number of hydrogen-bond donors (Lipinski definition) is 2. The van der Waals surface area contributed by atoms with Crippen molar-refractivity contribution in [1.29, 1.82) is 0 Å². The zero-order valence-electron chi connectivity index (χ0n) is 8.38. The summed E-state index contributed by atoms with van der Waals surface area (Å²) in [6.07, 6.45) is 0.754. The van der Waals surface area contributed by atoms with Crippen molar-refractivity contribution in [2.24, 2.45) is 0 Å². The smallest absolute Gasteiger partial charge is 0.151 e. The first-order chi connectivity index (χ1) is 7.22. The highest BCUT2D eigenvalue weighted by Gasteiger charge is 2.08. The fourth-order valence-corrected chi connectivity index (χ4v) is 1.36. The molecule has 5 heteroatoms. The minimum Gasteiger partial charge on any atom is -0.508 e. The monoisotopic (exact) mass is 204 g/mol. The lowest BCUT2D eigenvalue weighted by atomic mass is 10.3. The summed E-state index contributed by atoms with van der Waals surface area (Å²) in [4.78, 5) is 0. The third kappa shape index (κ3) is 1.63. The first-order valence-corrected chi connectivity index (χ1v) is 4.72. The Bertz CT molecular complexity index is 461. The van der Waals surface area contributed by atoms with Crippen molar-refractivity contribution in [2.45, 2.75) is 13.3 Å². The highest BCUT2D eigenvalue weighted by Crippen LogP contribution is 2.17. The van der Waals surface area contributed by atoms with Crippen LogP contribution in [0.15, 0.2) is 24.3 Å². The van der Waals surface area contributed by atoms with Gasteiger partial charge in [-0.2, -0.15) is 4.68 Å². The maximum absolute atomic E-state index is 9.15. The van der Waals surface area contributed by atoms with E-state index in [2.05, 4.69) is 10.3 Å². The van der Waals surface area contributed by atoms with Gasteiger partial charge in [0.15, 0.2) is 5.82 Å². The number of phenolic OH excluding ortho intramolecular Hbond substituents is 1. The highest BCUT2D eigenvalue weighted by molar-refractivity contribution is 5.45. The van der Waals surface area contributed by atoms with Crippen molar-refractivity contribution in [1.82, 2.24) is 15.0 Å². The van der Waals surface area contributed by atoms with E-state index in [1.165, 1.54) is 0 Å². The number of aromatic nitrogens is 3. The van der Waals surface area contributed by atoms with Crippen molar-refractivity contribution in [3.63, 3.8) is 0 Å². The third-order valence-corrected chi connectivity index (χ3v) is 2.21. The molecule has 0 spiro atoms. The van der Waals surface area contributed by atoms with Gasteiger partial charge in [0.2, 0.25) is 0 Å². The quantitative estimate of drug-likeness (QED) is 0.768. The number of phenols is 1. The second-order valence-corrected chi connectivity index (χ2v) is 3.20. The van der Waals surface area contributed by atoms with Gasteiger partial charge in [0.05, 0.1) is 5.69 Å². The van der Waals surface area contributed by atoms with E-state index in [1.807, 2.05) is 6.92 Å². The second kappa shape index (κ2) is 3.61. The number of rotatable bonds is 2. The molecule has 1 aromatic heterocycles. The number of nitrogens with two attached hydrogens (primary N) is 1. The molecule has 5 nitrogen and oxygen atoms in total. The van der Waals surface area contributed by atoms with E-state index >= 15 is 0 Å². The fraction of sp³-hybridized carbons (Fsp3) is 0.200. The molecule has 0 aliphatic rings. The lowest BCUT2D eigenvalue weighted by molar-refractivity contribution is 0.475. The molecule has 0 saturated heterocycles. The standard InChI is InChI=1S/C10H12N4O/c1-2-9-10(11)14(13-12-9)7-3-5-8(15)6-4-7/h3-6,15H,2,11H2,1H3. The molecule has 2 rings (SSSR count). The van der Waals surface area contributed by atoms with Crippen LogP contribution in [0.1, 0.15) is 12.6 Å². The van der Waals surface area contributed by atoms with E-state index < -0.39 is 0 Å². The van der Waals surface area contributed by atoms with E-state index in [0.717, 1.165) is 17.8 Å². The molecular weight excluding hydrogens is 192 g/mol. The maximum atomic E-state index is 9.15. The van der Waals surface area contributed by atoms with Gasteiger partial charge < -0.3 is 10.8 Å². The Hall–Kier alpha value is -2.04. The third-order valence-electron chi connectivity index (χ3n) is 2.21. The number of nitrogens with zero attached hydrogens (tertiary/aromatic N) is 3. The predicted molar refractivity (Wildman–Crippen MR) is 56.8 cm³/mol. The van der Waals surface area contributed by atoms with Crippen LogP contribution in [0, 0.1) is 0 Å². The number of benzene rings is 1. The minimum absolute atomic E-state index is 0.216. The number of aromatic hydroxyl groups is 1. The van der Waals surface area contributed by atoms with Crippen molar-refractivity contribution in [3.8, 4) is 11.4 Å². The van der Waals surface area contributed by atoms with Gasteiger partial charge in [-0.3, -0.25) is 0 Å². The average Bonchev–Trinajstić information content (AvgIpc) is 2.61. The minimum atomic E-state index is 0.216. The van der Waals surface area contributed by atoms with Gasteiger partial charge in [0, 0.05) is 0 Å². The number of aryl methyl sites for hydroxylation is 1. The van der Waals surface area contributed by atoms with E-state index in [1.54, 1.807) is 28.9 Å². The maximum Gasteiger partial charge on any atom is 0.151 e. The molecule has 0 atom stereocenters. The van der Waals surface area contributed by atoms with Crippen LogP contribution in [0.2, 0.25) is 0 Å². The average molecular weight is 204 g/mol. The van der Waals surface area contributed by atoms with Gasteiger partial charge in [-0.25, -0.2) is 0 Å². The lowest BCUT2D eigenvalue weighted by Crippen LogP contribution is -2.02. The number of anilines is 1. The zero-order chi connectivity index (χ0) is 10.8. The Morgan fingerprint density at radius 1 is 1.33 bits per heavy atom. The Morgan fingerprint density at radius 2 is 2.00 bits per heavy atom. The molecule has 78 valence electrons. The van der Waals surface area contributed by atoms with E-state index in [4.69, 9.17) is 10.8 Å². The Morgan fingerprint density at radius 3 is 2.53 bits per heavy atom. The molecule has 0 fully saturated rings. The van der Waals surface area contributed by atoms with Gasteiger partial charge in [0.1, 0.15) is 11.4 Å². The molecule has 0 saturated carbocycles. The molecule has 3 N–H and O–H groups in total. The van der Waals surface area contributed by atoms with Crippen LogP contribution in [-0.4, -0.2) is 20.1 Å². The fourth-order valence-electron chi connectivity index (χ4n) is 1.36. The van der Waals surface area contributed by atoms with Crippen LogP contribution in [0.3, 0.4) is 0 Å². The molecule has 0 radical (unpaired) electrons. The normalized spacial score (nSPS) is 10.5. The van der Waals surface area contributed by atoms with Gasteiger partial charge in [-0.05, 0) is 30.7 Å². The van der Waals surface area contributed by atoms with Crippen LogP contribution in [0.5, 0.6) is 5.75 Å². The molecule has 1 heterocycles. The topological polar surface area (TPSA) is 77.0 Å². The van der Waals surface area contributed by atoms with Crippen molar-refractivity contribution in [3.05, 3.63) is 30.0 Å². The molecule has 0 amide bonds. The summed E-state index contributed by atoms with van der Waals surface area (Å²) in [5.74, 6) is 0.761. The second-order valence-electron chi connectivity index (χ2n) is 3.20. The molecule has 0 bridgehead atoms. The van der Waals surface area contributed by atoms with E-state index in [0.29, 0.717) is 5.82 Å². The summed E-state index contributed by atoms with van der Waals surface area (Å²) >= 11 is 0. The molecule has 1 aromatic carbocycles. The summed E-state index contributed by atoms with van der Waals surface area (Å²) in [6, 6.07) is 6.64. The number of nitrogen functional groups attached to an aromatic ring is 1. The summed E-state index contributed by atoms with van der Waals surface area (Å²) < 4.78 is 1.55. The van der Waals surface area contributed by atoms with Crippen LogP contribution in [0.4, 0.5) is 5.82 Å². The predicted octanol–water partition coefficient (Wildman–Crippen LogP) is 1.12. The Labute approximate surface area is 87.1 Å². The van der Waals surface area contributed by atoms with Crippen LogP contribution in [0.25, 0.3) is 5.69 Å². The van der Waals surface area contributed by atoms with Gasteiger partial charge in [0.25, 0.3) is 0 Å². The molecule has 2 aromatic rings. The van der Waals surface area contributed by atoms with Crippen molar-refractivity contribution >= 4 is 5.82 Å². The lowest BCUT2D eigenvalue weighted by Gasteiger charge is -2.02. The highest BCUT2D eigenvalue weighted by atomic mass is 16.3. The van der Waals surface area contributed by atoms with Gasteiger partial charge >= 0.3 is 0 Å². The van der Waals surface area contributed by atoms with Crippen LogP contribution in [-0.2, 0) is 6.42 Å². The van der Waals surface area contributed by atoms with Gasteiger partial charge in [-0.15, -0.1) is 5.10 Å². The summed E-state index contributed by atoms with van der Waals surface area (Å²) in [5.41, 5.74) is 7.43. The van der Waals surface area contributed by atoms with Crippen LogP contribution >= 0.6 is 0 Å². The Balaban J connectivity index is 2.45. The molecular formula is C10H12N4O. The summed E-state index contributed by atoms with van der Waals surface area (Å²) in [7, 11) is 0. The largest absolute Gasteiger partial charge is 0.508 e. The zero-order valence-corrected chi connectivity index (χ0v) is 8.38. The summed E-state index contributed by atoms with van der Waals surface area (Å²) in [6.45, 7) is 1.97. The van der Waals surface area contributed by atoms with E-state index in [-0.39, 0.29) is 5.75 Å². The SMILES string of the molecule is CCc1nnn(-c2ccc(O)cc2)c1N. The molecule has 15 heavy (non-hydrogen) atoms. The first kappa shape index (κ1) is 9.51. The molecule has 0 unspecified atom stereocenters. The molecule has 0 aliphatic heterocycles. The van der Waals surface area contributed by atoms with Crippen LogP contribution < -0.4 is 5.73 Å². The van der Waals surface area contributed by atoms with Crippen molar-refractivity contribution < 1.29 is 5.11 Å². The Kier molecular flexibility index (Phi) is 2.29. The number of hydrogen-bond acceptors (Lipinski definition) is 4. The molecule has 0 aliphatic carbocycles. The first-order valence-electron chi connectivity index (χ1n) is 4.72.